The Kier molecular flexibility index (Phi) is 2.44. The van der Waals surface area contributed by atoms with Gasteiger partial charge in [-0.25, -0.2) is 0 Å². The third-order valence-corrected chi connectivity index (χ3v) is 1.53. The van der Waals surface area contributed by atoms with Crippen molar-refractivity contribution in [3.05, 3.63) is 28.8 Å². The summed E-state index contributed by atoms with van der Waals surface area (Å²) in [7, 11) is 0. The average molecular weight is 166 g/mol. The number of H-pyrrole nitrogens is 2. The van der Waals surface area contributed by atoms with E-state index >= 15 is 0 Å². The maximum atomic E-state index is 4.91. The Morgan fingerprint density at radius 3 is 2.55 bits per heavy atom. The molecule has 0 aromatic carbocycles. The van der Waals surface area contributed by atoms with Crippen LogP contribution in [-0.4, -0.2) is 9.97 Å². The van der Waals surface area contributed by atoms with E-state index in [9.17, 15) is 0 Å². The van der Waals surface area contributed by atoms with Crippen molar-refractivity contribution in [2.75, 3.05) is 0 Å². The van der Waals surface area contributed by atoms with E-state index in [1.807, 2.05) is 19.1 Å². The summed E-state index contributed by atoms with van der Waals surface area (Å²) in [4.78, 5) is 5.97. The first-order valence-corrected chi connectivity index (χ1v) is 3.76. The van der Waals surface area contributed by atoms with Crippen LogP contribution >= 0.6 is 12.2 Å². The second-order valence-corrected chi connectivity index (χ2v) is 2.52. The van der Waals surface area contributed by atoms with E-state index in [1.54, 1.807) is 6.08 Å². The van der Waals surface area contributed by atoms with Crippen LogP contribution in [0.3, 0.4) is 0 Å². The second kappa shape index (κ2) is 3.34. The quantitative estimate of drug-likeness (QED) is 0.650. The highest BCUT2D eigenvalue weighted by molar-refractivity contribution is 7.71. The lowest BCUT2D eigenvalue weighted by Crippen LogP contribution is -1.74. The first-order valence-electron chi connectivity index (χ1n) is 3.35. The Labute approximate surface area is 70.7 Å². The first-order chi connectivity index (χ1) is 5.27. The van der Waals surface area contributed by atoms with Gasteiger partial charge >= 0.3 is 0 Å². The van der Waals surface area contributed by atoms with Gasteiger partial charge in [0.25, 0.3) is 0 Å². The Balaban J connectivity index is 3.22. The maximum absolute atomic E-state index is 4.91. The summed E-state index contributed by atoms with van der Waals surface area (Å²) in [6.07, 6.45) is 5.63. The monoisotopic (exact) mass is 166 g/mol. The maximum Gasteiger partial charge on any atom is 0.175 e. The van der Waals surface area contributed by atoms with E-state index in [2.05, 4.69) is 16.5 Å². The molecule has 11 heavy (non-hydrogen) atoms. The van der Waals surface area contributed by atoms with Gasteiger partial charge in [0.1, 0.15) is 0 Å². The topological polar surface area (TPSA) is 31.6 Å². The molecule has 0 saturated heterocycles. The molecule has 1 heterocycles. The summed E-state index contributed by atoms with van der Waals surface area (Å²) in [6.45, 7) is 5.61. The average Bonchev–Trinajstić information content (AvgIpc) is 2.32. The molecule has 0 spiro atoms. The van der Waals surface area contributed by atoms with E-state index in [0.29, 0.717) is 4.77 Å². The molecule has 0 radical (unpaired) electrons. The summed E-state index contributed by atoms with van der Waals surface area (Å²) < 4.78 is 0.632. The van der Waals surface area contributed by atoms with E-state index in [0.717, 1.165) is 11.4 Å². The summed E-state index contributed by atoms with van der Waals surface area (Å²) in [5.41, 5.74) is 1.92. The SMILES string of the molecule is C=Cc1[nH]c(=S)[nH]c1/C=C\C. The number of aromatic amines is 2. The molecule has 2 N–H and O–H groups in total. The van der Waals surface area contributed by atoms with Crippen molar-refractivity contribution in [2.45, 2.75) is 6.92 Å². The Morgan fingerprint density at radius 2 is 2.00 bits per heavy atom. The van der Waals surface area contributed by atoms with Crippen molar-refractivity contribution in [1.82, 2.24) is 9.97 Å². The van der Waals surface area contributed by atoms with Crippen LogP contribution in [0.2, 0.25) is 0 Å². The molecule has 0 atom stereocenters. The van der Waals surface area contributed by atoms with Crippen molar-refractivity contribution in [2.24, 2.45) is 0 Å². The van der Waals surface area contributed by atoms with Crippen LogP contribution in [0.25, 0.3) is 12.2 Å². The fraction of sp³-hybridized carbons (Fsp3) is 0.125. The van der Waals surface area contributed by atoms with Crippen LogP contribution in [0.5, 0.6) is 0 Å². The van der Waals surface area contributed by atoms with E-state index < -0.39 is 0 Å². The molecule has 1 rings (SSSR count). The molecule has 0 aliphatic carbocycles. The van der Waals surface area contributed by atoms with Gasteiger partial charge in [0, 0.05) is 0 Å². The van der Waals surface area contributed by atoms with Crippen LogP contribution in [0.4, 0.5) is 0 Å². The summed E-state index contributed by atoms with van der Waals surface area (Å²) >= 11 is 4.91. The van der Waals surface area contributed by atoms with Gasteiger partial charge in [-0.1, -0.05) is 12.7 Å². The fourth-order valence-electron chi connectivity index (χ4n) is 0.870. The third-order valence-electron chi connectivity index (χ3n) is 1.32. The predicted molar refractivity (Wildman–Crippen MR) is 50.8 cm³/mol. The minimum atomic E-state index is 0.632. The van der Waals surface area contributed by atoms with E-state index in [4.69, 9.17) is 12.2 Å². The smallest absolute Gasteiger partial charge is 0.175 e. The molecule has 3 heteroatoms. The third kappa shape index (κ3) is 1.68. The van der Waals surface area contributed by atoms with E-state index in [-0.39, 0.29) is 0 Å². The van der Waals surface area contributed by atoms with Gasteiger partial charge in [-0.3, -0.25) is 0 Å². The molecule has 0 unspecified atom stereocenters. The number of rotatable bonds is 2. The van der Waals surface area contributed by atoms with Gasteiger partial charge in [0.15, 0.2) is 4.77 Å². The van der Waals surface area contributed by atoms with Crippen LogP contribution in [0.1, 0.15) is 18.3 Å². The standard InChI is InChI=1S/C8H10N2S/c1-3-5-7-6(4-2)9-8(11)10-7/h3-5H,2H2,1H3,(H2,9,10,11)/b5-3-. The summed E-state index contributed by atoms with van der Waals surface area (Å²) in [5, 5.41) is 0. The van der Waals surface area contributed by atoms with Crippen LogP contribution in [-0.2, 0) is 0 Å². The van der Waals surface area contributed by atoms with E-state index in [1.165, 1.54) is 0 Å². The van der Waals surface area contributed by atoms with Gasteiger partial charge in [-0.05, 0) is 31.3 Å². The highest BCUT2D eigenvalue weighted by Crippen LogP contribution is 2.06. The molecule has 0 saturated carbocycles. The lowest BCUT2D eigenvalue weighted by atomic mass is 10.3. The molecule has 0 fully saturated rings. The number of hydrogen-bond acceptors (Lipinski definition) is 1. The Bertz CT molecular complexity index is 330. The van der Waals surface area contributed by atoms with Crippen LogP contribution < -0.4 is 0 Å². The molecule has 0 amide bonds. The van der Waals surface area contributed by atoms with Gasteiger partial charge in [0.05, 0.1) is 11.4 Å². The molecule has 0 bridgehead atoms. The summed E-state index contributed by atoms with van der Waals surface area (Å²) in [5.74, 6) is 0. The van der Waals surface area contributed by atoms with Crippen molar-refractivity contribution in [1.29, 1.82) is 0 Å². The van der Waals surface area contributed by atoms with Gasteiger partial charge in [-0.2, -0.15) is 0 Å². The van der Waals surface area contributed by atoms with Crippen molar-refractivity contribution >= 4 is 24.4 Å². The number of allylic oxidation sites excluding steroid dienone is 1. The molecular weight excluding hydrogens is 156 g/mol. The van der Waals surface area contributed by atoms with Crippen molar-refractivity contribution in [3.8, 4) is 0 Å². The Morgan fingerprint density at radius 1 is 1.36 bits per heavy atom. The predicted octanol–water partition coefficient (Wildman–Crippen LogP) is 2.75. The molecular formula is C8H10N2S. The summed E-state index contributed by atoms with van der Waals surface area (Å²) in [6, 6.07) is 0. The number of aromatic nitrogens is 2. The van der Waals surface area contributed by atoms with Crippen molar-refractivity contribution in [3.63, 3.8) is 0 Å². The lowest BCUT2D eigenvalue weighted by Gasteiger charge is -1.86. The second-order valence-electron chi connectivity index (χ2n) is 2.11. The zero-order valence-electron chi connectivity index (χ0n) is 6.35. The number of hydrogen-bond donors (Lipinski definition) is 2. The fourth-order valence-corrected chi connectivity index (χ4v) is 1.09. The first kappa shape index (κ1) is 8.01. The number of nitrogens with one attached hydrogen (secondary N) is 2. The van der Waals surface area contributed by atoms with Crippen LogP contribution in [0, 0.1) is 4.77 Å². The van der Waals surface area contributed by atoms with Gasteiger partial charge in [0.2, 0.25) is 0 Å². The van der Waals surface area contributed by atoms with Crippen LogP contribution in [0.15, 0.2) is 12.7 Å². The normalized spacial score (nSPS) is 10.6. The molecule has 0 aliphatic rings. The molecule has 2 nitrogen and oxygen atoms in total. The minimum absolute atomic E-state index is 0.632. The zero-order valence-corrected chi connectivity index (χ0v) is 7.16. The number of imidazole rings is 1. The highest BCUT2D eigenvalue weighted by Gasteiger charge is 1.95. The van der Waals surface area contributed by atoms with Gasteiger partial charge in [-0.15, -0.1) is 0 Å². The largest absolute Gasteiger partial charge is 0.331 e. The van der Waals surface area contributed by atoms with Gasteiger partial charge < -0.3 is 9.97 Å². The molecule has 0 aliphatic heterocycles. The zero-order chi connectivity index (χ0) is 8.27. The molecule has 1 aromatic heterocycles. The lowest BCUT2D eigenvalue weighted by molar-refractivity contribution is 1.26. The molecule has 58 valence electrons. The minimum Gasteiger partial charge on any atom is -0.331 e. The van der Waals surface area contributed by atoms with Crippen molar-refractivity contribution < 1.29 is 0 Å². The molecule has 1 aromatic rings. The highest BCUT2D eigenvalue weighted by atomic mass is 32.1. The Hall–Kier alpha value is -1.09.